The van der Waals surface area contributed by atoms with Gasteiger partial charge in [0.25, 0.3) is 0 Å². The van der Waals surface area contributed by atoms with Crippen molar-refractivity contribution >= 4 is 81.9 Å². The topological polar surface area (TPSA) is 70.4 Å². The summed E-state index contributed by atoms with van der Waals surface area (Å²) in [6.07, 6.45) is 8.02. The van der Waals surface area contributed by atoms with E-state index < -0.39 is 11.6 Å². The van der Waals surface area contributed by atoms with Crippen LogP contribution in [0, 0.1) is 5.41 Å². The van der Waals surface area contributed by atoms with Crippen molar-refractivity contribution in [3.63, 3.8) is 0 Å². The van der Waals surface area contributed by atoms with Crippen molar-refractivity contribution in [2.45, 2.75) is 56.8 Å². The molecular weight excluding hydrogens is 573 g/mol. The first-order valence-corrected chi connectivity index (χ1v) is 15.5. The molecule has 0 aliphatic heterocycles. The monoisotopic (exact) mass is 610 g/mol. The van der Waals surface area contributed by atoms with E-state index in [-0.39, 0.29) is 48.1 Å². The zero-order chi connectivity index (χ0) is 29.0. The van der Waals surface area contributed by atoms with Crippen LogP contribution in [-0.2, 0) is 16.8 Å². The van der Waals surface area contributed by atoms with E-state index in [4.69, 9.17) is 16.6 Å². The first-order valence-electron chi connectivity index (χ1n) is 14.1. The first kappa shape index (κ1) is 32.8. The molecule has 3 aromatic carbocycles. The average molecular weight is 611 g/mol. The molecule has 1 heterocycles. The number of carbonyl (C=O) groups is 1. The van der Waals surface area contributed by atoms with Crippen LogP contribution in [0.2, 0.25) is 5.02 Å². The third-order valence-electron chi connectivity index (χ3n) is 7.83. The van der Waals surface area contributed by atoms with Gasteiger partial charge in [0.15, 0.2) is 0 Å². The number of halogens is 1. The molecule has 7 heteroatoms. The maximum Gasteiger partial charge on any atom is 0.303 e. The number of benzene rings is 3. The molecule has 0 bridgehead atoms. The van der Waals surface area contributed by atoms with Crippen LogP contribution in [0.3, 0.4) is 0 Å². The number of carboxylic acids is 1. The Morgan fingerprint density at radius 3 is 2.57 bits per heavy atom. The molecule has 0 unspecified atom stereocenters. The molecule has 4 aromatic rings. The molecular formula is C35H38ClNNaO3S. The van der Waals surface area contributed by atoms with Gasteiger partial charge >= 0.3 is 5.97 Å². The Balaban J connectivity index is 0.00000253. The molecule has 1 aromatic heterocycles. The molecule has 2 N–H and O–H groups in total. The number of hydrogen-bond acceptors (Lipinski definition) is 4. The van der Waals surface area contributed by atoms with Crippen molar-refractivity contribution in [3.05, 3.63) is 112 Å². The fraction of sp³-hybridized carbons (Fsp3) is 0.314. The van der Waals surface area contributed by atoms with Crippen LogP contribution < -0.4 is 0 Å². The minimum atomic E-state index is -0.911. The zero-order valence-corrected chi connectivity index (χ0v) is 28.1. The zero-order valence-electron chi connectivity index (χ0n) is 24.5. The Labute approximate surface area is 281 Å². The van der Waals surface area contributed by atoms with Crippen LogP contribution in [0.4, 0.5) is 0 Å². The molecule has 1 aliphatic rings. The molecule has 1 atom stereocenters. The van der Waals surface area contributed by atoms with Crippen molar-refractivity contribution in [1.82, 2.24) is 4.98 Å². The summed E-state index contributed by atoms with van der Waals surface area (Å²) in [7, 11) is 0. The number of aliphatic carboxylic acids is 1. The summed E-state index contributed by atoms with van der Waals surface area (Å²) < 4.78 is 0. The molecule has 0 amide bonds. The number of pyridine rings is 1. The summed E-state index contributed by atoms with van der Waals surface area (Å²) in [5.41, 5.74) is 5.15. The number of nitrogens with zero attached hydrogens (tertiary/aromatic N) is 1. The third kappa shape index (κ3) is 8.72. The predicted molar refractivity (Wildman–Crippen MR) is 179 cm³/mol. The molecule has 42 heavy (non-hydrogen) atoms. The maximum absolute atomic E-state index is 11.5. The van der Waals surface area contributed by atoms with Crippen LogP contribution in [0.5, 0.6) is 0 Å². The summed E-state index contributed by atoms with van der Waals surface area (Å²) in [5, 5.41) is 22.1. The molecule has 0 spiro atoms. The van der Waals surface area contributed by atoms with E-state index in [9.17, 15) is 15.0 Å². The van der Waals surface area contributed by atoms with Crippen molar-refractivity contribution in [2.24, 2.45) is 5.41 Å². The summed E-state index contributed by atoms with van der Waals surface area (Å²) >= 11 is 8.04. The standard InChI is InChI=1S/C35H36ClNO3S.Na.H2/c1-34(2,40)30-9-4-3-7-25(30)13-17-32(41-23-35(18-19-35)22-33(38)39)27-8-5-6-24(20-27)10-15-29-16-12-26-11-14-28(36)21-31(26)37-29;;/h3-12,14-16,20-21,32,40H,13,17-19,22-23H2,1-2H3,(H,38,39);;1H/b15-10+;;/t32-;;/m1../s1. The summed E-state index contributed by atoms with van der Waals surface area (Å²) in [4.78, 5) is 16.2. The van der Waals surface area contributed by atoms with E-state index in [1.54, 1.807) is 0 Å². The quantitative estimate of drug-likeness (QED) is 0.157. The van der Waals surface area contributed by atoms with Crippen molar-refractivity contribution in [1.29, 1.82) is 0 Å². The number of aliphatic hydroxyl groups is 1. The van der Waals surface area contributed by atoms with E-state index in [2.05, 4.69) is 42.5 Å². The van der Waals surface area contributed by atoms with Gasteiger partial charge in [-0.1, -0.05) is 78.3 Å². The normalized spacial score (nSPS) is 15.0. The SMILES string of the molecule is CC(C)(O)c1ccccc1CC[C@@H](SCC1(CC(=O)O)CC1)c1cccc(/C=C/c2ccc3ccc(Cl)cc3n2)c1.[HH].[Na]. The van der Waals surface area contributed by atoms with Crippen molar-refractivity contribution < 1.29 is 16.4 Å². The van der Waals surface area contributed by atoms with Gasteiger partial charge in [0.2, 0.25) is 0 Å². The fourth-order valence-corrected chi connectivity index (χ4v) is 7.09. The summed E-state index contributed by atoms with van der Waals surface area (Å²) in [6, 6.07) is 26.5. The Kier molecular flexibility index (Phi) is 11.0. The minimum absolute atomic E-state index is 0. The molecule has 1 radical (unpaired) electrons. The van der Waals surface area contributed by atoms with Crippen LogP contribution in [0.15, 0.2) is 78.9 Å². The Hall–Kier alpha value is -2.12. The number of fused-ring (bicyclic) bond motifs is 1. The largest absolute Gasteiger partial charge is 0.481 e. The third-order valence-corrected chi connectivity index (χ3v) is 9.76. The molecule has 4 nitrogen and oxygen atoms in total. The van der Waals surface area contributed by atoms with Gasteiger partial charge in [-0.25, -0.2) is 4.98 Å². The molecule has 1 fully saturated rings. The predicted octanol–water partition coefficient (Wildman–Crippen LogP) is 8.81. The molecule has 5 rings (SSSR count). The second-order valence-electron chi connectivity index (χ2n) is 11.7. The Morgan fingerprint density at radius 1 is 1.07 bits per heavy atom. The van der Waals surface area contributed by atoms with Gasteiger partial charge in [-0.2, -0.15) is 11.8 Å². The number of hydrogen-bond donors (Lipinski definition) is 2. The van der Waals surface area contributed by atoms with Gasteiger partial charge in [-0.15, -0.1) is 0 Å². The summed E-state index contributed by atoms with van der Waals surface area (Å²) in [6.45, 7) is 3.66. The second kappa shape index (κ2) is 14.1. The van der Waals surface area contributed by atoms with Gasteiger partial charge in [-0.3, -0.25) is 4.79 Å². The molecule has 1 saturated carbocycles. The Morgan fingerprint density at radius 2 is 1.83 bits per heavy atom. The van der Waals surface area contributed by atoms with Crippen LogP contribution in [0.1, 0.15) is 74.2 Å². The Bertz CT molecular complexity index is 1590. The van der Waals surface area contributed by atoms with E-state index in [0.717, 1.165) is 64.7 Å². The van der Waals surface area contributed by atoms with Gasteiger partial charge in [-0.05, 0) is 91.5 Å². The molecule has 215 valence electrons. The van der Waals surface area contributed by atoms with Crippen molar-refractivity contribution in [2.75, 3.05) is 5.75 Å². The number of carboxylic acid groups (broad SMARTS) is 1. The first-order chi connectivity index (χ1) is 19.6. The van der Waals surface area contributed by atoms with Gasteiger partial charge < -0.3 is 10.2 Å². The van der Waals surface area contributed by atoms with E-state index in [0.29, 0.717) is 5.02 Å². The molecule has 1 aliphatic carbocycles. The molecule has 0 saturated heterocycles. The van der Waals surface area contributed by atoms with Crippen LogP contribution in [0.25, 0.3) is 23.1 Å². The number of aryl methyl sites for hydroxylation is 1. The number of aromatic nitrogens is 1. The number of thioether (sulfide) groups is 1. The van der Waals surface area contributed by atoms with Gasteiger partial charge in [0, 0.05) is 52.4 Å². The minimum Gasteiger partial charge on any atom is -0.481 e. The van der Waals surface area contributed by atoms with E-state index in [1.165, 1.54) is 5.56 Å². The van der Waals surface area contributed by atoms with Gasteiger partial charge in [0.1, 0.15) is 0 Å². The smallest absolute Gasteiger partial charge is 0.303 e. The van der Waals surface area contributed by atoms with E-state index in [1.807, 2.05) is 74.1 Å². The fourth-order valence-electron chi connectivity index (χ4n) is 5.36. The van der Waals surface area contributed by atoms with E-state index >= 15 is 0 Å². The number of rotatable bonds is 12. The summed E-state index contributed by atoms with van der Waals surface area (Å²) in [5.74, 6) is 0.122. The van der Waals surface area contributed by atoms with Crippen molar-refractivity contribution in [3.8, 4) is 0 Å². The average Bonchev–Trinajstić information content (AvgIpc) is 3.70. The van der Waals surface area contributed by atoms with Crippen LogP contribution >= 0.6 is 23.4 Å². The maximum atomic E-state index is 11.5. The second-order valence-corrected chi connectivity index (χ2v) is 13.3. The van der Waals surface area contributed by atoms with Gasteiger partial charge in [0.05, 0.1) is 23.2 Å². The van der Waals surface area contributed by atoms with Crippen LogP contribution in [-0.4, -0.2) is 56.5 Å².